The van der Waals surface area contributed by atoms with Crippen molar-refractivity contribution in [3.63, 3.8) is 0 Å². The number of carbonyl (C=O) groups is 1. The fourth-order valence-electron chi connectivity index (χ4n) is 2.44. The van der Waals surface area contributed by atoms with E-state index in [2.05, 4.69) is 38.3 Å². The van der Waals surface area contributed by atoms with Crippen LogP contribution in [0.25, 0.3) is 0 Å². The number of anilines is 1. The van der Waals surface area contributed by atoms with Crippen LogP contribution in [-0.4, -0.2) is 27.9 Å². The molecule has 0 saturated heterocycles. The number of amides is 1. The highest BCUT2D eigenvalue weighted by atomic mass is 32.2. The van der Waals surface area contributed by atoms with E-state index in [1.165, 1.54) is 28.0 Å². The number of benzene rings is 1. The quantitative estimate of drug-likeness (QED) is 0.497. The van der Waals surface area contributed by atoms with Crippen molar-refractivity contribution in [2.24, 2.45) is 0 Å². The number of carbonyl (C=O) groups excluding carboxylic acids is 1. The molecule has 0 radical (unpaired) electrons. The van der Waals surface area contributed by atoms with Gasteiger partial charge in [0.05, 0.1) is 11.3 Å². The molecular formula is C19H22N4OS3. The van der Waals surface area contributed by atoms with Gasteiger partial charge in [-0.25, -0.2) is 0 Å². The van der Waals surface area contributed by atoms with E-state index < -0.39 is 0 Å². The molecule has 27 heavy (non-hydrogen) atoms. The van der Waals surface area contributed by atoms with Gasteiger partial charge in [-0.05, 0) is 37.3 Å². The molecule has 2 N–H and O–H groups in total. The number of nitrogens with one attached hydrogen (secondary N) is 2. The zero-order valence-corrected chi connectivity index (χ0v) is 17.7. The van der Waals surface area contributed by atoms with Crippen molar-refractivity contribution in [3.8, 4) is 0 Å². The second-order valence-corrected chi connectivity index (χ2v) is 9.63. The van der Waals surface area contributed by atoms with Crippen LogP contribution in [0.3, 0.4) is 0 Å². The molecule has 2 unspecified atom stereocenters. The SMILES string of the molecule is CC(Sc1nnc(NCCc2cccs2)s1)C(=O)NC(C)c1ccccc1. The molecular weight excluding hydrogens is 396 g/mol. The second kappa shape index (κ2) is 9.87. The van der Waals surface area contributed by atoms with E-state index >= 15 is 0 Å². The summed E-state index contributed by atoms with van der Waals surface area (Å²) < 4.78 is 0.795. The molecule has 1 amide bonds. The van der Waals surface area contributed by atoms with Gasteiger partial charge in [-0.15, -0.1) is 21.5 Å². The minimum atomic E-state index is -0.233. The molecule has 0 spiro atoms. The molecule has 0 fully saturated rings. The van der Waals surface area contributed by atoms with Gasteiger partial charge in [0.2, 0.25) is 11.0 Å². The topological polar surface area (TPSA) is 66.9 Å². The Balaban J connectivity index is 1.45. The maximum atomic E-state index is 12.5. The van der Waals surface area contributed by atoms with E-state index in [4.69, 9.17) is 0 Å². The largest absolute Gasteiger partial charge is 0.360 e. The van der Waals surface area contributed by atoms with Crippen LogP contribution in [0.15, 0.2) is 52.2 Å². The molecule has 0 aliphatic carbocycles. The number of thiophene rings is 1. The number of hydrogen-bond acceptors (Lipinski definition) is 7. The van der Waals surface area contributed by atoms with Gasteiger partial charge < -0.3 is 10.6 Å². The van der Waals surface area contributed by atoms with Crippen LogP contribution < -0.4 is 10.6 Å². The summed E-state index contributed by atoms with van der Waals surface area (Å²) in [4.78, 5) is 13.8. The molecule has 5 nitrogen and oxygen atoms in total. The van der Waals surface area contributed by atoms with E-state index in [1.807, 2.05) is 44.2 Å². The smallest absolute Gasteiger partial charge is 0.233 e. The molecule has 2 atom stereocenters. The number of hydrogen-bond donors (Lipinski definition) is 2. The molecule has 2 aromatic heterocycles. The Bertz CT molecular complexity index is 836. The zero-order valence-electron chi connectivity index (χ0n) is 15.2. The van der Waals surface area contributed by atoms with E-state index in [0.717, 1.165) is 28.0 Å². The Hall–Kier alpha value is -1.90. The van der Waals surface area contributed by atoms with Gasteiger partial charge in [-0.2, -0.15) is 0 Å². The fraction of sp³-hybridized carbons (Fsp3) is 0.316. The van der Waals surface area contributed by atoms with Crippen molar-refractivity contribution in [2.75, 3.05) is 11.9 Å². The van der Waals surface area contributed by atoms with Crippen molar-refractivity contribution < 1.29 is 4.79 Å². The van der Waals surface area contributed by atoms with Crippen molar-refractivity contribution in [1.82, 2.24) is 15.5 Å². The summed E-state index contributed by atoms with van der Waals surface area (Å²) in [5, 5.41) is 17.3. The van der Waals surface area contributed by atoms with Crippen molar-refractivity contribution in [3.05, 3.63) is 58.3 Å². The minimum absolute atomic E-state index is 0.00115. The second-order valence-electron chi connectivity index (χ2n) is 6.03. The molecule has 3 rings (SSSR count). The van der Waals surface area contributed by atoms with Crippen molar-refractivity contribution >= 4 is 45.5 Å². The molecule has 0 saturated carbocycles. The third-order valence-corrected chi connectivity index (χ3v) is 6.94. The van der Waals surface area contributed by atoms with Gasteiger partial charge in [0, 0.05) is 11.4 Å². The highest BCUT2D eigenvalue weighted by molar-refractivity contribution is 8.02. The van der Waals surface area contributed by atoms with Gasteiger partial charge in [0.1, 0.15) is 0 Å². The van der Waals surface area contributed by atoms with Crippen LogP contribution in [0.1, 0.15) is 30.3 Å². The number of aromatic nitrogens is 2. The summed E-state index contributed by atoms with van der Waals surface area (Å²) >= 11 is 4.68. The highest BCUT2D eigenvalue weighted by Gasteiger charge is 2.19. The average Bonchev–Trinajstić information content (AvgIpc) is 3.34. The van der Waals surface area contributed by atoms with Crippen LogP contribution in [0.5, 0.6) is 0 Å². The number of nitrogens with zero attached hydrogens (tertiary/aromatic N) is 2. The van der Waals surface area contributed by atoms with Crippen molar-refractivity contribution in [1.29, 1.82) is 0 Å². The van der Waals surface area contributed by atoms with Gasteiger partial charge >= 0.3 is 0 Å². The highest BCUT2D eigenvalue weighted by Crippen LogP contribution is 2.29. The Morgan fingerprint density at radius 3 is 2.70 bits per heavy atom. The summed E-state index contributed by atoms with van der Waals surface area (Å²) in [6, 6.07) is 14.1. The fourth-order valence-corrected chi connectivity index (χ4v) is 5.08. The van der Waals surface area contributed by atoms with E-state index in [0.29, 0.717) is 0 Å². The lowest BCUT2D eigenvalue weighted by molar-refractivity contribution is -0.120. The monoisotopic (exact) mass is 418 g/mol. The summed E-state index contributed by atoms with van der Waals surface area (Å²) in [5.74, 6) is -0.00115. The normalized spacial score (nSPS) is 13.1. The van der Waals surface area contributed by atoms with Crippen molar-refractivity contribution in [2.45, 2.75) is 35.9 Å². The Labute approximate surface area is 171 Å². The molecule has 3 aromatic rings. The molecule has 1 aromatic carbocycles. The first-order chi connectivity index (χ1) is 13.1. The summed E-state index contributed by atoms with van der Waals surface area (Å²) in [7, 11) is 0. The molecule has 0 bridgehead atoms. The van der Waals surface area contributed by atoms with Crippen LogP contribution >= 0.6 is 34.4 Å². The molecule has 2 heterocycles. The Kier molecular flexibility index (Phi) is 7.25. The Morgan fingerprint density at radius 2 is 1.96 bits per heavy atom. The minimum Gasteiger partial charge on any atom is -0.360 e. The van der Waals surface area contributed by atoms with E-state index in [9.17, 15) is 4.79 Å². The number of thioether (sulfide) groups is 1. The van der Waals surface area contributed by atoms with E-state index in [1.54, 1.807) is 11.3 Å². The molecule has 8 heteroatoms. The zero-order chi connectivity index (χ0) is 19.1. The molecule has 0 aliphatic heterocycles. The Morgan fingerprint density at radius 1 is 1.15 bits per heavy atom. The third-order valence-electron chi connectivity index (χ3n) is 3.94. The standard InChI is InChI=1S/C19H22N4OS3/c1-13(15-7-4-3-5-8-15)21-17(24)14(2)26-19-23-22-18(27-19)20-11-10-16-9-6-12-25-16/h3-9,12-14H,10-11H2,1-2H3,(H,20,22)(H,21,24). The van der Waals surface area contributed by atoms with Crippen LogP contribution in [0, 0.1) is 0 Å². The van der Waals surface area contributed by atoms with Gasteiger partial charge in [0.25, 0.3) is 0 Å². The van der Waals surface area contributed by atoms with Crippen LogP contribution in [0.2, 0.25) is 0 Å². The third kappa shape index (κ3) is 6.05. The maximum Gasteiger partial charge on any atom is 0.233 e. The predicted octanol–water partition coefficient (Wildman–Crippen LogP) is 4.61. The van der Waals surface area contributed by atoms with Crippen LogP contribution in [-0.2, 0) is 11.2 Å². The lowest BCUT2D eigenvalue weighted by Crippen LogP contribution is -2.33. The maximum absolute atomic E-state index is 12.5. The predicted molar refractivity (Wildman–Crippen MR) is 115 cm³/mol. The van der Waals surface area contributed by atoms with Gasteiger partial charge in [-0.3, -0.25) is 4.79 Å². The first-order valence-electron chi connectivity index (χ1n) is 8.73. The summed E-state index contributed by atoms with van der Waals surface area (Å²) in [6.07, 6.45) is 0.968. The van der Waals surface area contributed by atoms with Gasteiger partial charge in [-0.1, -0.05) is 59.5 Å². The lowest BCUT2D eigenvalue weighted by Gasteiger charge is -2.17. The summed E-state index contributed by atoms with van der Waals surface area (Å²) in [6.45, 7) is 4.71. The first kappa shape index (κ1) is 19.9. The average molecular weight is 419 g/mol. The lowest BCUT2D eigenvalue weighted by atomic mass is 10.1. The summed E-state index contributed by atoms with van der Waals surface area (Å²) in [5.41, 5.74) is 1.09. The first-order valence-corrected chi connectivity index (χ1v) is 11.3. The number of rotatable bonds is 9. The molecule has 142 valence electrons. The van der Waals surface area contributed by atoms with Gasteiger partial charge in [0.15, 0.2) is 4.34 Å². The van der Waals surface area contributed by atoms with E-state index in [-0.39, 0.29) is 17.2 Å². The van der Waals surface area contributed by atoms with Crippen LogP contribution in [0.4, 0.5) is 5.13 Å². The molecule has 0 aliphatic rings.